The van der Waals surface area contributed by atoms with Gasteiger partial charge in [-0.3, -0.25) is 4.79 Å². The predicted molar refractivity (Wildman–Crippen MR) is 66.3 cm³/mol. The fourth-order valence-electron chi connectivity index (χ4n) is 4.71. The van der Waals surface area contributed by atoms with Gasteiger partial charge in [0.2, 0.25) is 0 Å². The summed E-state index contributed by atoms with van der Waals surface area (Å²) in [6.07, 6.45) is 4.39. The lowest BCUT2D eigenvalue weighted by Crippen LogP contribution is -2.52. The summed E-state index contributed by atoms with van der Waals surface area (Å²) >= 11 is 0. The van der Waals surface area contributed by atoms with Gasteiger partial charge in [-0.05, 0) is 56.3 Å². The van der Waals surface area contributed by atoms with E-state index >= 15 is 0 Å². The minimum absolute atomic E-state index is 0.317. The molecule has 6 nitrogen and oxygen atoms in total. The van der Waals surface area contributed by atoms with Gasteiger partial charge in [-0.15, -0.1) is 0 Å². The molecule has 0 amide bonds. The zero-order valence-electron chi connectivity index (χ0n) is 11.6. The molecule has 0 aromatic heterocycles. The van der Waals surface area contributed by atoms with Crippen LogP contribution < -0.4 is 0 Å². The number of carbonyl (C=O) groups excluding carboxylic acids is 2. The summed E-state index contributed by atoms with van der Waals surface area (Å²) in [5, 5.41) is -5.25. The van der Waals surface area contributed by atoms with E-state index in [-0.39, 0.29) is 0 Å². The van der Waals surface area contributed by atoms with Gasteiger partial charge in [-0.2, -0.15) is 8.78 Å². The van der Waals surface area contributed by atoms with Gasteiger partial charge in [0.05, 0.1) is 5.41 Å². The zero-order valence-corrected chi connectivity index (χ0v) is 12.4. The summed E-state index contributed by atoms with van der Waals surface area (Å²) in [5.41, 5.74) is -0.979. The van der Waals surface area contributed by atoms with Crippen LogP contribution in [0.4, 0.5) is 8.78 Å². The Kier molecular flexibility index (Phi) is 3.38. The van der Waals surface area contributed by atoms with Crippen molar-refractivity contribution in [2.75, 3.05) is 0 Å². The van der Waals surface area contributed by atoms with Crippen LogP contribution >= 0.6 is 0 Å². The van der Waals surface area contributed by atoms with E-state index in [0.29, 0.717) is 37.0 Å². The Morgan fingerprint density at radius 2 is 1.45 bits per heavy atom. The third kappa shape index (κ3) is 2.34. The number of esters is 2. The minimum Gasteiger partial charge on any atom is -0.743 e. The number of rotatable bonds is 3. The van der Waals surface area contributed by atoms with Crippen molar-refractivity contribution in [2.24, 2.45) is 23.2 Å². The number of hydrogen-bond donors (Lipinski definition) is 0. The maximum Gasteiger partial charge on any atom is 0.429 e. The fraction of sp³-hybridized carbons (Fsp3) is 0.846. The molecule has 4 aliphatic carbocycles. The second kappa shape index (κ2) is 4.70. The maximum absolute atomic E-state index is 13.1. The second-order valence-corrected chi connectivity index (χ2v) is 8.27. The van der Waals surface area contributed by atoms with Crippen molar-refractivity contribution in [1.82, 2.24) is 0 Å². The molecule has 22 heavy (non-hydrogen) atoms. The van der Waals surface area contributed by atoms with Crippen LogP contribution in [0.2, 0.25) is 0 Å². The lowest BCUT2D eigenvalue weighted by atomic mass is 9.49. The van der Waals surface area contributed by atoms with Gasteiger partial charge in [0.1, 0.15) is 0 Å². The van der Waals surface area contributed by atoms with Crippen molar-refractivity contribution in [3.05, 3.63) is 0 Å². The molecule has 0 aromatic rings. The lowest BCUT2D eigenvalue weighted by molar-refractivity contribution is -0.186. The summed E-state index contributed by atoms with van der Waals surface area (Å²) < 4.78 is 61.6. The van der Waals surface area contributed by atoms with Gasteiger partial charge in [0.25, 0.3) is 0 Å². The first kappa shape index (κ1) is 15.8. The summed E-state index contributed by atoms with van der Waals surface area (Å²) in [6, 6.07) is 0. The first-order valence-corrected chi connectivity index (χ1v) is 8.54. The first-order chi connectivity index (χ1) is 10.0. The Morgan fingerprint density at radius 1 is 1.05 bits per heavy atom. The average molecular weight is 337 g/mol. The van der Waals surface area contributed by atoms with Crippen LogP contribution in [0.3, 0.4) is 0 Å². The number of hydrogen-bond acceptors (Lipinski definition) is 6. The molecule has 4 saturated carbocycles. The summed E-state index contributed by atoms with van der Waals surface area (Å²) in [6.45, 7) is 0. The van der Waals surface area contributed by atoms with E-state index in [0.717, 1.165) is 19.3 Å². The monoisotopic (exact) mass is 337 g/mol. The van der Waals surface area contributed by atoms with E-state index in [9.17, 15) is 31.3 Å². The van der Waals surface area contributed by atoms with Gasteiger partial charge in [0, 0.05) is 0 Å². The van der Waals surface area contributed by atoms with Gasteiger partial charge >= 0.3 is 17.2 Å². The highest BCUT2D eigenvalue weighted by Gasteiger charge is 2.58. The van der Waals surface area contributed by atoms with Crippen molar-refractivity contribution in [3.8, 4) is 0 Å². The average Bonchev–Trinajstić information content (AvgIpc) is 2.35. The third-order valence-corrected chi connectivity index (χ3v) is 6.00. The predicted octanol–water partition coefficient (Wildman–Crippen LogP) is 1.41. The standard InChI is InChI=1S/C13H16F2O6S/c14-13(15,22(18,19)20)11(17)21-10(16)12-4-7-1-8(5-12)3-9(2-7)6-12/h7-9H,1-6H2,(H,18,19,20)/p-1. The van der Waals surface area contributed by atoms with E-state index in [1.807, 2.05) is 0 Å². The highest BCUT2D eigenvalue weighted by atomic mass is 32.2. The molecule has 0 aromatic carbocycles. The summed E-state index contributed by atoms with van der Waals surface area (Å²) in [4.78, 5) is 23.5. The third-order valence-electron chi connectivity index (χ3n) is 5.21. The molecule has 4 bridgehead atoms. The highest BCUT2D eigenvalue weighted by molar-refractivity contribution is 7.87. The summed E-state index contributed by atoms with van der Waals surface area (Å²) in [5.74, 6) is -2.75. The summed E-state index contributed by atoms with van der Waals surface area (Å²) in [7, 11) is -6.21. The van der Waals surface area contributed by atoms with E-state index in [4.69, 9.17) is 0 Å². The van der Waals surface area contributed by atoms with Crippen LogP contribution in [-0.2, 0) is 24.4 Å². The number of alkyl halides is 2. The van der Waals surface area contributed by atoms with E-state index < -0.39 is 32.7 Å². The number of carbonyl (C=O) groups is 2. The van der Waals surface area contributed by atoms with E-state index in [1.54, 1.807) is 0 Å². The van der Waals surface area contributed by atoms with Gasteiger partial charge in [-0.25, -0.2) is 13.2 Å². The van der Waals surface area contributed by atoms with Crippen LogP contribution in [0.25, 0.3) is 0 Å². The largest absolute Gasteiger partial charge is 0.743 e. The fourth-order valence-corrected chi connectivity index (χ4v) is 4.96. The van der Waals surface area contributed by atoms with Gasteiger partial charge in [-0.1, -0.05) is 0 Å². The SMILES string of the molecule is O=C(OC(=O)C(F)(F)S(=O)(=O)[O-])C12CC3CC(CC(C3)C1)C2. The van der Waals surface area contributed by atoms with Crippen LogP contribution in [0.15, 0.2) is 0 Å². The quantitative estimate of drug-likeness (QED) is 0.438. The molecular formula is C13H15F2O6S-. The molecule has 0 unspecified atom stereocenters. The molecule has 4 aliphatic rings. The van der Waals surface area contributed by atoms with Crippen LogP contribution in [-0.4, -0.2) is 30.2 Å². The minimum atomic E-state index is -6.21. The van der Waals surface area contributed by atoms with Gasteiger partial charge < -0.3 is 9.29 Å². The molecular weight excluding hydrogens is 322 g/mol. The Morgan fingerprint density at radius 3 is 1.82 bits per heavy atom. The molecule has 0 heterocycles. The maximum atomic E-state index is 13.1. The molecule has 0 atom stereocenters. The Labute approximate surface area is 125 Å². The normalized spacial score (nSPS) is 37.1. The Balaban J connectivity index is 1.77. The molecule has 0 aliphatic heterocycles. The number of halogens is 2. The number of ether oxygens (including phenoxy) is 1. The zero-order chi connectivity index (χ0) is 16.3. The van der Waals surface area contributed by atoms with Crippen LogP contribution in [0.5, 0.6) is 0 Å². The smallest absolute Gasteiger partial charge is 0.429 e. The van der Waals surface area contributed by atoms with Crippen molar-refractivity contribution in [1.29, 1.82) is 0 Å². The second-order valence-electron chi connectivity index (χ2n) is 6.85. The van der Waals surface area contributed by atoms with Crippen molar-refractivity contribution < 1.29 is 36.1 Å². The lowest BCUT2D eigenvalue weighted by Gasteiger charge is -2.55. The van der Waals surface area contributed by atoms with Crippen LogP contribution in [0, 0.1) is 23.2 Å². The molecule has 0 N–H and O–H groups in total. The topological polar surface area (TPSA) is 101 Å². The molecule has 4 rings (SSSR count). The Bertz CT molecular complexity index is 591. The van der Waals surface area contributed by atoms with Crippen LogP contribution in [0.1, 0.15) is 38.5 Å². The van der Waals surface area contributed by atoms with E-state index in [2.05, 4.69) is 4.74 Å². The first-order valence-electron chi connectivity index (χ1n) is 7.13. The van der Waals surface area contributed by atoms with E-state index in [1.165, 1.54) is 0 Å². The molecule has 124 valence electrons. The molecule has 4 fully saturated rings. The van der Waals surface area contributed by atoms with Crippen molar-refractivity contribution >= 4 is 22.1 Å². The molecule has 0 spiro atoms. The Hall–Kier alpha value is -1.09. The van der Waals surface area contributed by atoms with Crippen molar-refractivity contribution in [2.45, 2.75) is 43.8 Å². The molecule has 0 saturated heterocycles. The van der Waals surface area contributed by atoms with Crippen molar-refractivity contribution in [3.63, 3.8) is 0 Å². The van der Waals surface area contributed by atoms with Gasteiger partial charge in [0.15, 0.2) is 10.1 Å². The molecule has 9 heteroatoms. The highest BCUT2D eigenvalue weighted by Crippen LogP contribution is 2.60. The molecule has 0 radical (unpaired) electrons.